The smallest absolute Gasteiger partial charge is 0.260 e. The molecule has 0 spiro atoms. The molecule has 1 saturated heterocycles. The van der Waals surface area contributed by atoms with E-state index in [1.54, 1.807) is 29.2 Å². The molecule has 0 aliphatic carbocycles. The lowest BCUT2D eigenvalue weighted by atomic mass is 10.2. The normalized spacial score (nSPS) is 15.5. The molecular weight excluding hydrogens is 234 g/mol. The van der Waals surface area contributed by atoms with Gasteiger partial charge in [-0.05, 0) is 17.7 Å². The summed E-state index contributed by atoms with van der Waals surface area (Å²) in [6.07, 6.45) is 0. The van der Waals surface area contributed by atoms with Gasteiger partial charge in [0.05, 0.1) is 19.8 Å². The lowest BCUT2D eigenvalue weighted by molar-refractivity contribution is -0.137. The monoisotopic (exact) mass is 251 g/mol. The van der Waals surface area contributed by atoms with Gasteiger partial charge in [-0.1, -0.05) is 12.1 Å². The van der Waals surface area contributed by atoms with Gasteiger partial charge >= 0.3 is 0 Å². The average molecular weight is 251 g/mol. The first kappa shape index (κ1) is 12.9. The third kappa shape index (κ3) is 3.45. The topological polar surface area (TPSA) is 59.0 Å². The molecule has 18 heavy (non-hydrogen) atoms. The zero-order valence-electron chi connectivity index (χ0n) is 10.2. The van der Waals surface area contributed by atoms with Crippen LogP contribution in [0.1, 0.15) is 5.56 Å². The first-order chi connectivity index (χ1) is 8.79. The largest absolute Gasteiger partial charge is 0.484 e. The van der Waals surface area contributed by atoms with Crippen molar-refractivity contribution in [1.29, 1.82) is 0 Å². The molecule has 2 rings (SSSR count). The van der Waals surface area contributed by atoms with Crippen LogP contribution in [0.5, 0.6) is 5.75 Å². The summed E-state index contributed by atoms with van der Waals surface area (Å²) in [6.45, 7) is 2.42. The van der Waals surface area contributed by atoms with Crippen LogP contribution in [0.15, 0.2) is 24.3 Å². The molecule has 0 saturated carbocycles. The zero-order valence-corrected chi connectivity index (χ0v) is 10.2. The number of amides is 1. The molecule has 0 bridgehead atoms. The molecule has 98 valence electrons. The summed E-state index contributed by atoms with van der Waals surface area (Å²) in [6, 6.07) is 7.09. The molecule has 1 amide bonds. The molecule has 1 aromatic carbocycles. The summed E-state index contributed by atoms with van der Waals surface area (Å²) in [7, 11) is 0. The highest BCUT2D eigenvalue weighted by Crippen LogP contribution is 2.13. The number of aliphatic hydroxyl groups is 1. The number of morpholine rings is 1. The minimum Gasteiger partial charge on any atom is -0.484 e. The van der Waals surface area contributed by atoms with Gasteiger partial charge in [0.25, 0.3) is 5.91 Å². The lowest BCUT2D eigenvalue weighted by Crippen LogP contribution is -2.42. The van der Waals surface area contributed by atoms with Gasteiger partial charge in [-0.25, -0.2) is 0 Å². The van der Waals surface area contributed by atoms with Gasteiger partial charge in [0, 0.05) is 13.1 Å². The highest BCUT2D eigenvalue weighted by atomic mass is 16.5. The van der Waals surface area contributed by atoms with Crippen LogP contribution >= 0.6 is 0 Å². The van der Waals surface area contributed by atoms with Crippen molar-refractivity contribution in [2.75, 3.05) is 32.9 Å². The second kappa shape index (κ2) is 6.37. The van der Waals surface area contributed by atoms with Gasteiger partial charge in [0.2, 0.25) is 0 Å². The van der Waals surface area contributed by atoms with Crippen molar-refractivity contribution in [3.05, 3.63) is 29.8 Å². The van der Waals surface area contributed by atoms with E-state index in [4.69, 9.17) is 14.6 Å². The Kier molecular flexibility index (Phi) is 4.55. The predicted molar refractivity (Wildman–Crippen MR) is 65.3 cm³/mol. The van der Waals surface area contributed by atoms with Crippen molar-refractivity contribution in [3.63, 3.8) is 0 Å². The zero-order chi connectivity index (χ0) is 12.8. The maximum absolute atomic E-state index is 11.8. The SMILES string of the molecule is O=C(COc1cccc(CO)c1)N1CCOCC1. The van der Waals surface area contributed by atoms with E-state index in [2.05, 4.69) is 0 Å². The number of aliphatic hydroxyl groups excluding tert-OH is 1. The predicted octanol–water partition coefficient (Wildman–Crippen LogP) is 0.416. The van der Waals surface area contributed by atoms with Gasteiger partial charge in [0.15, 0.2) is 6.61 Å². The first-order valence-electron chi connectivity index (χ1n) is 5.98. The maximum Gasteiger partial charge on any atom is 0.260 e. The lowest BCUT2D eigenvalue weighted by Gasteiger charge is -2.26. The Morgan fingerprint density at radius 2 is 2.17 bits per heavy atom. The molecule has 1 aromatic rings. The van der Waals surface area contributed by atoms with Crippen LogP contribution in [0.4, 0.5) is 0 Å². The number of nitrogens with zero attached hydrogens (tertiary/aromatic N) is 1. The fraction of sp³-hybridized carbons (Fsp3) is 0.462. The van der Waals surface area contributed by atoms with E-state index in [9.17, 15) is 4.79 Å². The Labute approximate surface area is 106 Å². The fourth-order valence-corrected chi connectivity index (χ4v) is 1.78. The Balaban J connectivity index is 1.84. The maximum atomic E-state index is 11.8. The number of benzene rings is 1. The van der Waals surface area contributed by atoms with E-state index in [0.29, 0.717) is 32.1 Å². The second-order valence-corrected chi connectivity index (χ2v) is 4.09. The van der Waals surface area contributed by atoms with E-state index in [-0.39, 0.29) is 19.1 Å². The highest BCUT2D eigenvalue weighted by Gasteiger charge is 2.16. The quantitative estimate of drug-likeness (QED) is 0.842. The summed E-state index contributed by atoms with van der Waals surface area (Å²) in [5.74, 6) is 0.566. The summed E-state index contributed by atoms with van der Waals surface area (Å²) < 4.78 is 10.6. The summed E-state index contributed by atoms with van der Waals surface area (Å²) in [5, 5.41) is 9.00. The molecule has 1 aliphatic heterocycles. The van der Waals surface area contributed by atoms with E-state index >= 15 is 0 Å². The van der Waals surface area contributed by atoms with Crippen LogP contribution in [-0.2, 0) is 16.1 Å². The van der Waals surface area contributed by atoms with Gasteiger partial charge < -0.3 is 19.5 Å². The van der Waals surface area contributed by atoms with Gasteiger partial charge in [0.1, 0.15) is 5.75 Å². The molecule has 5 heteroatoms. The van der Waals surface area contributed by atoms with Crippen molar-refractivity contribution in [2.24, 2.45) is 0 Å². The second-order valence-electron chi connectivity index (χ2n) is 4.09. The van der Waals surface area contributed by atoms with Crippen LogP contribution < -0.4 is 4.74 Å². The minimum absolute atomic E-state index is 0.0227. The highest BCUT2D eigenvalue weighted by molar-refractivity contribution is 5.77. The molecule has 0 atom stereocenters. The molecule has 0 radical (unpaired) electrons. The first-order valence-corrected chi connectivity index (χ1v) is 5.98. The van der Waals surface area contributed by atoms with E-state index in [1.807, 2.05) is 0 Å². The summed E-state index contributed by atoms with van der Waals surface area (Å²) in [5.41, 5.74) is 0.770. The van der Waals surface area contributed by atoms with Crippen LogP contribution in [0.2, 0.25) is 0 Å². The molecule has 1 N–H and O–H groups in total. The van der Waals surface area contributed by atoms with E-state index in [1.165, 1.54) is 0 Å². The van der Waals surface area contributed by atoms with Crippen molar-refractivity contribution in [2.45, 2.75) is 6.61 Å². The Bertz CT molecular complexity index is 402. The Hall–Kier alpha value is -1.59. The molecule has 1 heterocycles. The van der Waals surface area contributed by atoms with E-state index in [0.717, 1.165) is 5.56 Å². The Morgan fingerprint density at radius 3 is 2.89 bits per heavy atom. The van der Waals surface area contributed by atoms with Crippen LogP contribution in [0.3, 0.4) is 0 Å². The van der Waals surface area contributed by atoms with Crippen LogP contribution in [0, 0.1) is 0 Å². The number of hydrogen-bond acceptors (Lipinski definition) is 4. The minimum atomic E-state index is -0.0345. The van der Waals surface area contributed by atoms with Crippen LogP contribution in [-0.4, -0.2) is 48.8 Å². The molecule has 5 nitrogen and oxygen atoms in total. The fourth-order valence-electron chi connectivity index (χ4n) is 1.78. The van der Waals surface area contributed by atoms with Crippen molar-refractivity contribution < 1.29 is 19.4 Å². The summed E-state index contributed by atoms with van der Waals surface area (Å²) in [4.78, 5) is 13.6. The average Bonchev–Trinajstić information content (AvgIpc) is 2.46. The number of rotatable bonds is 4. The standard InChI is InChI=1S/C13H17NO4/c15-9-11-2-1-3-12(8-11)18-10-13(16)14-4-6-17-7-5-14/h1-3,8,15H,4-7,9-10H2. The summed E-state index contributed by atoms with van der Waals surface area (Å²) >= 11 is 0. The molecule has 1 aliphatic rings. The van der Waals surface area contributed by atoms with Crippen molar-refractivity contribution in [3.8, 4) is 5.75 Å². The molecular formula is C13H17NO4. The third-order valence-corrected chi connectivity index (χ3v) is 2.81. The van der Waals surface area contributed by atoms with E-state index < -0.39 is 0 Å². The Morgan fingerprint density at radius 1 is 1.39 bits per heavy atom. The molecule has 1 fully saturated rings. The van der Waals surface area contributed by atoms with Gasteiger partial charge in [-0.2, -0.15) is 0 Å². The number of carbonyl (C=O) groups is 1. The number of hydrogen-bond donors (Lipinski definition) is 1. The number of carbonyl (C=O) groups excluding carboxylic acids is 1. The van der Waals surface area contributed by atoms with Crippen molar-refractivity contribution in [1.82, 2.24) is 4.90 Å². The van der Waals surface area contributed by atoms with Gasteiger partial charge in [-0.15, -0.1) is 0 Å². The van der Waals surface area contributed by atoms with Crippen molar-refractivity contribution >= 4 is 5.91 Å². The van der Waals surface area contributed by atoms with Crippen LogP contribution in [0.25, 0.3) is 0 Å². The molecule has 0 unspecified atom stereocenters. The number of ether oxygens (including phenoxy) is 2. The van der Waals surface area contributed by atoms with Gasteiger partial charge in [-0.3, -0.25) is 4.79 Å². The third-order valence-electron chi connectivity index (χ3n) is 2.81. The molecule has 0 aromatic heterocycles.